The van der Waals surface area contributed by atoms with Gasteiger partial charge in [-0.2, -0.15) is 0 Å². The Bertz CT molecular complexity index is 550. The third kappa shape index (κ3) is 2.69. The van der Waals surface area contributed by atoms with Gasteiger partial charge in [-0.25, -0.2) is 18.6 Å². The summed E-state index contributed by atoms with van der Waals surface area (Å²) in [5.74, 6) is 3.54. The number of hydrogen-bond donors (Lipinski definition) is 3. The number of nitrogens with two attached hydrogens (primary N) is 2. The maximum Gasteiger partial charge on any atom is 0.128 e. The van der Waals surface area contributed by atoms with Crippen LogP contribution in [0.1, 0.15) is 17.2 Å². The molecule has 0 fully saturated rings. The van der Waals surface area contributed by atoms with Crippen LogP contribution in [0.25, 0.3) is 0 Å². The van der Waals surface area contributed by atoms with Gasteiger partial charge >= 0.3 is 0 Å². The van der Waals surface area contributed by atoms with Gasteiger partial charge in [-0.3, -0.25) is 5.84 Å². The van der Waals surface area contributed by atoms with Gasteiger partial charge in [0.05, 0.1) is 6.04 Å². The number of benzene rings is 2. The van der Waals surface area contributed by atoms with Gasteiger partial charge in [0.1, 0.15) is 17.5 Å². The zero-order chi connectivity index (χ0) is 14.0. The van der Waals surface area contributed by atoms with Crippen LogP contribution < -0.4 is 17.0 Å². The van der Waals surface area contributed by atoms with E-state index in [-0.39, 0.29) is 16.8 Å². The second kappa shape index (κ2) is 5.29. The number of hydrogen-bond acceptors (Lipinski definition) is 3. The highest BCUT2D eigenvalue weighted by atomic mass is 19.1. The van der Waals surface area contributed by atoms with Crippen molar-refractivity contribution in [3.05, 3.63) is 65.0 Å². The van der Waals surface area contributed by atoms with Crippen LogP contribution in [0.15, 0.2) is 36.4 Å². The molecule has 3 nitrogen and oxygen atoms in total. The molecule has 0 aliphatic rings. The van der Waals surface area contributed by atoms with Crippen molar-refractivity contribution < 1.29 is 13.2 Å². The lowest BCUT2D eigenvalue weighted by Crippen LogP contribution is -2.30. The molecule has 5 N–H and O–H groups in total. The maximum atomic E-state index is 13.7. The summed E-state index contributed by atoms with van der Waals surface area (Å²) in [4.78, 5) is 0. The molecule has 6 heteroatoms. The lowest BCUT2D eigenvalue weighted by molar-refractivity contribution is 0.543. The summed E-state index contributed by atoms with van der Waals surface area (Å²) in [6.45, 7) is 0. The van der Waals surface area contributed by atoms with Crippen LogP contribution in [0.4, 0.5) is 18.9 Å². The summed E-state index contributed by atoms with van der Waals surface area (Å²) in [6, 6.07) is 5.66. The van der Waals surface area contributed by atoms with Crippen molar-refractivity contribution >= 4 is 5.69 Å². The van der Waals surface area contributed by atoms with Crippen molar-refractivity contribution in [3.63, 3.8) is 0 Å². The molecule has 100 valence electrons. The average molecular weight is 267 g/mol. The average Bonchev–Trinajstić information content (AvgIpc) is 2.38. The van der Waals surface area contributed by atoms with Crippen molar-refractivity contribution in [2.75, 3.05) is 5.73 Å². The van der Waals surface area contributed by atoms with Crippen molar-refractivity contribution in [2.24, 2.45) is 5.84 Å². The molecule has 0 aromatic heterocycles. The van der Waals surface area contributed by atoms with E-state index < -0.39 is 23.5 Å². The molecule has 0 saturated heterocycles. The maximum absolute atomic E-state index is 13.7. The quantitative estimate of drug-likeness (QED) is 0.454. The summed E-state index contributed by atoms with van der Waals surface area (Å²) in [6.07, 6.45) is 0. The van der Waals surface area contributed by atoms with Gasteiger partial charge in [0, 0.05) is 16.8 Å². The van der Waals surface area contributed by atoms with Crippen LogP contribution in [0.2, 0.25) is 0 Å². The zero-order valence-corrected chi connectivity index (χ0v) is 9.83. The van der Waals surface area contributed by atoms with Gasteiger partial charge in [-0.15, -0.1) is 0 Å². The Morgan fingerprint density at radius 2 is 1.47 bits per heavy atom. The van der Waals surface area contributed by atoms with Crippen LogP contribution in [0.5, 0.6) is 0 Å². The van der Waals surface area contributed by atoms with Crippen molar-refractivity contribution in [1.82, 2.24) is 5.43 Å². The number of nitrogen functional groups attached to an aromatic ring is 1. The molecule has 0 spiro atoms. The van der Waals surface area contributed by atoms with Gasteiger partial charge in [-0.05, 0) is 36.4 Å². The van der Waals surface area contributed by atoms with Crippen molar-refractivity contribution in [1.29, 1.82) is 0 Å². The predicted molar refractivity (Wildman–Crippen MR) is 66.3 cm³/mol. The largest absolute Gasteiger partial charge is 0.398 e. The van der Waals surface area contributed by atoms with Gasteiger partial charge in [0.25, 0.3) is 0 Å². The Morgan fingerprint density at radius 3 is 2.11 bits per heavy atom. The fourth-order valence-corrected chi connectivity index (χ4v) is 1.88. The van der Waals surface area contributed by atoms with Crippen molar-refractivity contribution in [2.45, 2.75) is 6.04 Å². The first kappa shape index (κ1) is 13.4. The number of nitrogens with one attached hydrogen (secondary N) is 1. The predicted octanol–water partition coefficient (Wildman–Crippen LogP) is 2.24. The first-order chi connectivity index (χ1) is 9.02. The molecule has 1 unspecified atom stereocenters. The van der Waals surface area contributed by atoms with E-state index in [1.165, 1.54) is 12.1 Å². The Labute approximate surface area is 108 Å². The molecule has 0 amide bonds. The number of anilines is 1. The molecule has 0 heterocycles. The second-order valence-corrected chi connectivity index (χ2v) is 4.04. The Balaban J connectivity index is 2.55. The van der Waals surface area contributed by atoms with E-state index >= 15 is 0 Å². The third-order valence-corrected chi connectivity index (χ3v) is 2.80. The zero-order valence-electron chi connectivity index (χ0n) is 9.83. The van der Waals surface area contributed by atoms with E-state index in [4.69, 9.17) is 11.6 Å². The minimum Gasteiger partial charge on any atom is -0.398 e. The summed E-state index contributed by atoms with van der Waals surface area (Å²) < 4.78 is 40.2. The highest BCUT2D eigenvalue weighted by molar-refractivity contribution is 5.51. The minimum atomic E-state index is -0.939. The van der Waals surface area contributed by atoms with E-state index in [0.29, 0.717) is 0 Å². The highest BCUT2D eigenvalue weighted by Crippen LogP contribution is 2.29. The lowest BCUT2D eigenvalue weighted by atomic mass is 9.97. The molecule has 0 aliphatic heterocycles. The molecule has 0 saturated carbocycles. The van der Waals surface area contributed by atoms with Crippen LogP contribution in [-0.2, 0) is 0 Å². The Hall–Kier alpha value is -2.05. The molecular formula is C13H12F3N3. The fraction of sp³-hybridized carbons (Fsp3) is 0.0769. The van der Waals surface area contributed by atoms with Crippen LogP contribution in [-0.4, -0.2) is 0 Å². The summed E-state index contributed by atoms with van der Waals surface area (Å²) in [5, 5.41) is 0. The summed E-state index contributed by atoms with van der Waals surface area (Å²) >= 11 is 0. The summed E-state index contributed by atoms with van der Waals surface area (Å²) in [7, 11) is 0. The monoisotopic (exact) mass is 267 g/mol. The Kier molecular flexibility index (Phi) is 3.73. The van der Waals surface area contributed by atoms with E-state index in [9.17, 15) is 13.2 Å². The molecule has 2 aromatic carbocycles. The van der Waals surface area contributed by atoms with E-state index in [1.807, 2.05) is 0 Å². The van der Waals surface area contributed by atoms with Gasteiger partial charge in [-0.1, -0.05) is 0 Å². The molecule has 0 bridgehead atoms. The molecule has 0 radical (unpaired) electrons. The van der Waals surface area contributed by atoms with Crippen molar-refractivity contribution in [3.8, 4) is 0 Å². The van der Waals surface area contributed by atoms with Gasteiger partial charge in [0.2, 0.25) is 0 Å². The van der Waals surface area contributed by atoms with Crippen LogP contribution >= 0.6 is 0 Å². The van der Waals surface area contributed by atoms with Crippen LogP contribution in [0, 0.1) is 17.5 Å². The smallest absolute Gasteiger partial charge is 0.128 e. The SMILES string of the molecule is NNC(c1cc(F)ccc1N)c1cc(F)ccc1F. The first-order valence-electron chi connectivity index (χ1n) is 5.49. The molecule has 2 rings (SSSR count). The molecule has 19 heavy (non-hydrogen) atoms. The topological polar surface area (TPSA) is 64.1 Å². The fourth-order valence-electron chi connectivity index (χ4n) is 1.88. The van der Waals surface area contributed by atoms with Gasteiger partial charge in [0.15, 0.2) is 0 Å². The number of rotatable bonds is 3. The molecule has 2 aromatic rings. The van der Waals surface area contributed by atoms with E-state index in [1.54, 1.807) is 0 Å². The normalized spacial score (nSPS) is 12.4. The Morgan fingerprint density at radius 1 is 0.895 bits per heavy atom. The second-order valence-electron chi connectivity index (χ2n) is 4.04. The standard InChI is InChI=1S/C13H12F3N3/c14-7-1-3-11(16)9(5-7)13(19-18)10-6-8(15)2-4-12(10)17/h1-6,13,19H,17-18H2. The van der Waals surface area contributed by atoms with Crippen LogP contribution in [0.3, 0.4) is 0 Å². The lowest BCUT2D eigenvalue weighted by Gasteiger charge is -2.19. The number of hydrazine groups is 1. The first-order valence-corrected chi connectivity index (χ1v) is 5.49. The van der Waals surface area contributed by atoms with E-state index in [2.05, 4.69) is 5.43 Å². The minimum absolute atomic E-state index is 0.0419. The summed E-state index contributed by atoms with van der Waals surface area (Å²) in [5.41, 5.74) is 8.46. The van der Waals surface area contributed by atoms with E-state index in [0.717, 1.165) is 24.3 Å². The molecule has 1 atom stereocenters. The van der Waals surface area contributed by atoms with Gasteiger partial charge < -0.3 is 5.73 Å². The third-order valence-electron chi connectivity index (χ3n) is 2.80. The number of halogens is 3. The molecular weight excluding hydrogens is 255 g/mol. The highest BCUT2D eigenvalue weighted by Gasteiger charge is 2.20. The molecule has 0 aliphatic carbocycles.